The Morgan fingerprint density at radius 3 is 1.43 bits per heavy atom. The van der Waals surface area contributed by atoms with Crippen LogP contribution in [0.15, 0.2) is 21.1 Å². The topological polar surface area (TPSA) is 52.6 Å². The van der Waals surface area contributed by atoms with Gasteiger partial charge in [-0.2, -0.15) is 0 Å². The molecule has 4 nitrogen and oxygen atoms in total. The molecule has 0 unspecified atom stereocenters. The van der Waals surface area contributed by atoms with Gasteiger partial charge >= 0.3 is 11.9 Å². The number of methoxy groups -OCH3 is 2. The molecule has 78 valence electrons. The number of carbonyl (C=O) groups excluding carboxylic acids is 2. The number of carbonyl (C=O) groups is 2. The Bertz CT molecular complexity index is 264. The smallest absolute Gasteiger partial charge is 0.331 e. The summed E-state index contributed by atoms with van der Waals surface area (Å²) in [5.41, 5.74) is 0. The summed E-state index contributed by atoms with van der Waals surface area (Å²) in [4.78, 5) is 21.6. The highest BCUT2D eigenvalue weighted by molar-refractivity contribution is 9.15. The standard InChI is InChI=1S/C8H8Br2O4/c1-13-7(11)3-5(9)6(10)4-8(12)14-2/h3-4H,1-2H3/b5-3+,6-4+. The Labute approximate surface area is 98.2 Å². The van der Waals surface area contributed by atoms with Crippen molar-refractivity contribution in [2.45, 2.75) is 0 Å². The molecule has 0 atom stereocenters. The lowest BCUT2D eigenvalue weighted by atomic mass is 10.4. The summed E-state index contributed by atoms with van der Waals surface area (Å²) in [7, 11) is 2.52. The Morgan fingerprint density at radius 2 is 1.21 bits per heavy atom. The maximum Gasteiger partial charge on any atom is 0.331 e. The van der Waals surface area contributed by atoms with E-state index in [9.17, 15) is 9.59 Å². The van der Waals surface area contributed by atoms with Crippen LogP contribution in [0.4, 0.5) is 0 Å². The van der Waals surface area contributed by atoms with E-state index in [2.05, 4.69) is 41.3 Å². The molecule has 0 aliphatic heterocycles. The van der Waals surface area contributed by atoms with Crippen LogP contribution in [-0.4, -0.2) is 26.2 Å². The highest BCUT2D eigenvalue weighted by Crippen LogP contribution is 2.22. The molecule has 0 aromatic rings. The minimum atomic E-state index is -0.521. The first-order chi connectivity index (χ1) is 6.51. The van der Waals surface area contributed by atoms with Gasteiger partial charge in [0.1, 0.15) is 0 Å². The molecule has 0 bridgehead atoms. The maximum absolute atomic E-state index is 10.8. The van der Waals surface area contributed by atoms with Crippen LogP contribution in [0.2, 0.25) is 0 Å². The second-order valence-corrected chi connectivity index (χ2v) is 3.74. The maximum atomic E-state index is 10.8. The SMILES string of the molecule is COC(=O)/C=C(Br)\C(Br)=C/C(=O)OC. The van der Waals surface area contributed by atoms with Crippen LogP contribution in [0.1, 0.15) is 0 Å². The lowest BCUT2D eigenvalue weighted by molar-refractivity contribution is -0.135. The monoisotopic (exact) mass is 326 g/mol. The van der Waals surface area contributed by atoms with Gasteiger partial charge in [-0.3, -0.25) is 0 Å². The van der Waals surface area contributed by atoms with Crippen LogP contribution >= 0.6 is 31.9 Å². The van der Waals surface area contributed by atoms with Crippen LogP contribution in [0.25, 0.3) is 0 Å². The van der Waals surface area contributed by atoms with Crippen molar-refractivity contribution in [3.8, 4) is 0 Å². The van der Waals surface area contributed by atoms with Gasteiger partial charge in [-0.05, 0) is 31.9 Å². The molecule has 0 aromatic carbocycles. The Hall–Kier alpha value is -0.620. The van der Waals surface area contributed by atoms with Crippen LogP contribution < -0.4 is 0 Å². The van der Waals surface area contributed by atoms with E-state index in [1.807, 2.05) is 0 Å². The van der Waals surface area contributed by atoms with Crippen molar-refractivity contribution in [2.75, 3.05) is 14.2 Å². The van der Waals surface area contributed by atoms with Crippen LogP contribution in [0, 0.1) is 0 Å². The van der Waals surface area contributed by atoms with Gasteiger partial charge in [0.2, 0.25) is 0 Å². The molecule has 0 saturated heterocycles. The van der Waals surface area contributed by atoms with E-state index in [1.54, 1.807) is 0 Å². The van der Waals surface area contributed by atoms with Crippen molar-refractivity contribution in [3.63, 3.8) is 0 Å². The van der Waals surface area contributed by atoms with E-state index in [-0.39, 0.29) is 0 Å². The third-order valence-electron chi connectivity index (χ3n) is 1.12. The van der Waals surface area contributed by atoms with Gasteiger partial charge in [-0.1, -0.05) is 0 Å². The number of hydrogen-bond donors (Lipinski definition) is 0. The van der Waals surface area contributed by atoms with E-state index in [0.717, 1.165) is 0 Å². The third-order valence-corrected chi connectivity index (χ3v) is 2.96. The molecule has 0 fully saturated rings. The molecule has 6 heteroatoms. The molecule has 0 N–H and O–H groups in total. The Balaban J connectivity index is 4.61. The summed E-state index contributed by atoms with van der Waals surface area (Å²) in [6, 6.07) is 0. The second-order valence-electron chi connectivity index (χ2n) is 2.03. The van der Waals surface area contributed by atoms with Crippen molar-refractivity contribution in [1.29, 1.82) is 0 Å². The van der Waals surface area contributed by atoms with Gasteiger partial charge in [-0.25, -0.2) is 9.59 Å². The Kier molecular flexibility index (Phi) is 6.48. The van der Waals surface area contributed by atoms with Gasteiger partial charge in [0, 0.05) is 21.1 Å². The summed E-state index contributed by atoms with van der Waals surface area (Å²) in [5.74, 6) is -1.04. The molecular weight excluding hydrogens is 320 g/mol. The van der Waals surface area contributed by atoms with Gasteiger partial charge in [0.05, 0.1) is 14.2 Å². The van der Waals surface area contributed by atoms with Crippen LogP contribution in [-0.2, 0) is 19.1 Å². The van der Waals surface area contributed by atoms with E-state index in [1.165, 1.54) is 26.4 Å². The van der Waals surface area contributed by atoms with Gasteiger partial charge in [-0.15, -0.1) is 0 Å². The predicted octanol–water partition coefficient (Wildman–Crippen LogP) is 1.89. The van der Waals surface area contributed by atoms with Crippen molar-refractivity contribution < 1.29 is 19.1 Å². The lowest BCUT2D eigenvalue weighted by Crippen LogP contribution is -1.97. The molecule has 14 heavy (non-hydrogen) atoms. The molecule has 0 amide bonds. The zero-order valence-electron chi connectivity index (χ0n) is 7.54. The van der Waals surface area contributed by atoms with Crippen molar-refractivity contribution >= 4 is 43.8 Å². The largest absolute Gasteiger partial charge is 0.466 e. The molecule has 0 aromatic heterocycles. The fourth-order valence-electron chi connectivity index (χ4n) is 0.463. The highest BCUT2D eigenvalue weighted by Gasteiger charge is 2.04. The van der Waals surface area contributed by atoms with E-state index in [0.29, 0.717) is 8.96 Å². The van der Waals surface area contributed by atoms with Crippen LogP contribution in [0.5, 0.6) is 0 Å². The van der Waals surface area contributed by atoms with Gasteiger partial charge < -0.3 is 9.47 Å². The van der Waals surface area contributed by atoms with Crippen molar-refractivity contribution in [1.82, 2.24) is 0 Å². The number of halogens is 2. The van der Waals surface area contributed by atoms with Crippen molar-refractivity contribution in [2.24, 2.45) is 0 Å². The third kappa shape index (κ3) is 5.18. The minimum absolute atomic E-state index is 0.398. The first-order valence-corrected chi connectivity index (χ1v) is 5.00. The summed E-state index contributed by atoms with van der Waals surface area (Å²) in [6.07, 6.45) is 2.37. The molecule has 0 radical (unpaired) electrons. The zero-order valence-corrected chi connectivity index (χ0v) is 10.7. The summed E-state index contributed by atoms with van der Waals surface area (Å²) in [6.45, 7) is 0. The predicted molar refractivity (Wildman–Crippen MR) is 58.1 cm³/mol. The second kappa shape index (κ2) is 6.78. The number of hydrogen-bond acceptors (Lipinski definition) is 4. The summed E-state index contributed by atoms with van der Waals surface area (Å²) in [5, 5.41) is 0. The van der Waals surface area contributed by atoms with Gasteiger partial charge in [0.25, 0.3) is 0 Å². The normalized spacial score (nSPS) is 12.3. The highest BCUT2D eigenvalue weighted by atomic mass is 79.9. The summed E-state index contributed by atoms with van der Waals surface area (Å²) < 4.78 is 9.58. The Morgan fingerprint density at radius 1 is 0.929 bits per heavy atom. The molecule has 0 aliphatic rings. The number of ether oxygens (including phenoxy) is 2. The van der Waals surface area contributed by atoms with E-state index < -0.39 is 11.9 Å². The molecule has 0 saturated carbocycles. The average molecular weight is 328 g/mol. The van der Waals surface area contributed by atoms with Gasteiger partial charge in [0.15, 0.2) is 0 Å². The lowest BCUT2D eigenvalue weighted by Gasteiger charge is -1.97. The number of esters is 2. The fraction of sp³-hybridized carbons (Fsp3) is 0.250. The molecular formula is C8H8Br2O4. The fourth-order valence-corrected chi connectivity index (χ4v) is 1.07. The quantitative estimate of drug-likeness (QED) is 0.451. The molecule has 0 rings (SSSR count). The van der Waals surface area contributed by atoms with Crippen LogP contribution in [0.3, 0.4) is 0 Å². The minimum Gasteiger partial charge on any atom is -0.466 e. The first kappa shape index (κ1) is 13.4. The summed E-state index contributed by atoms with van der Waals surface area (Å²) >= 11 is 6.16. The molecule has 0 aliphatic carbocycles. The number of rotatable bonds is 3. The molecule has 0 heterocycles. The number of allylic oxidation sites excluding steroid dienone is 2. The zero-order chi connectivity index (χ0) is 11.1. The van der Waals surface area contributed by atoms with Crippen molar-refractivity contribution in [3.05, 3.63) is 21.1 Å². The van der Waals surface area contributed by atoms with E-state index >= 15 is 0 Å². The first-order valence-electron chi connectivity index (χ1n) is 3.42. The van der Waals surface area contributed by atoms with E-state index in [4.69, 9.17) is 0 Å². The molecule has 0 spiro atoms. The average Bonchev–Trinajstić information content (AvgIpc) is 2.17.